The molecule has 16 heavy (non-hydrogen) atoms. The monoisotopic (exact) mass is 236 g/mol. The van der Waals surface area contributed by atoms with Gasteiger partial charge >= 0.3 is 0 Å². The van der Waals surface area contributed by atoms with Crippen molar-refractivity contribution in [1.29, 1.82) is 0 Å². The molecule has 0 atom stereocenters. The van der Waals surface area contributed by atoms with Crippen molar-refractivity contribution in [2.24, 2.45) is 0 Å². The fourth-order valence-corrected chi connectivity index (χ4v) is 1.84. The highest BCUT2D eigenvalue weighted by Crippen LogP contribution is 2.19. The molecule has 84 valence electrons. The summed E-state index contributed by atoms with van der Waals surface area (Å²) in [6.07, 6.45) is 1.79. The molecule has 0 radical (unpaired) electrons. The number of benzene rings is 1. The third-order valence-corrected chi connectivity index (χ3v) is 2.84. The maximum Gasteiger partial charge on any atom is 0.121 e. The molecule has 1 heterocycles. The fraction of sp³-hybridized carbons (Fsp3) is 0.250. The molecule has 1 aromatic heterocycles. The second-order valence-electron chi connectivity index (χ2n) is 3.50. The van der Waals surface area contributed by atoms with Gasteiger partial charge in [0.15, 0.2) is 0 Å². The van der Waals surface area contributed by atoms with E-state index in [1.807, 2.05) is 35.9 Å². The molecule has 2 rings (SSSR count). The molecule has 0 N–H and O–H groups in total. The van der Waals surface area contributed by atoms with Gasteiger partial charge in [0.05, 0.1) is 24.9 Å². The van der Waals surface area contributed by atoms with Gasteiger partial charge in [0.1, 0.15) is 5.75 Å². The van der Waals surface area contributed by atoms with Gasteiger partial charge in [-0.15, -0.1) is 11.6 Å². The van der Waals surface area contributed by atoms with Crippen LogP contribution in [-0.4, -0.2) is 16.9 Å². The topological polar surface area (TPSA) is 27.1 Å². The van der Waals surface area contributed by atoms with Crippen molar-refractivity contribution in [3.8, 4) is 11.4 Å². The van der Waals surface area contributed by atoms with Crippen LogP contribution in [0, 0.1) is 6.92 Å². The lowest BCUT2D eigenvalue weighted by atomic mass is 10.2. The normalized spacial score (nSPS) is 10.4. The molecule has 0 saturated carbocycles. The number of hydrogen-bond donors (Lipinski definition) is 0. The van der Waals surface area contributed by atoms with Gasteiger partial charge in [0, 0.05) is 17.3 Å². The number of aromatic nitrogens is 2. The SMILES string of the molecule is COc1cccc(-n2ncc(CCl)c2C)c1. The Balaban J connectivity index is 2.45. The molecule has 1 aromatic carbocycles. The van der Waals surface area contributed by atoms with Crippen molar-refractivity contribution in [3.05, 3.63) is 41.7 Å². The van der Waals surface area contributed by atoms with E-state index in [2.05, 4.69) is 5.10 Å². The minimum atomic E-state index is 0.482. The van der Waals surface area contributed by atoms with E-state index in [-0.39, 0.29) is 0 Å². The number of hydrogen-bond acceptors (Lipinski definition) is 2. The Bertz CT molecular complexity index is 494. The summed E-state index contributed by atoms with van der Waals surface area (Å²) in [6, 6.07) is 7.78. The number of ether oxygens (including phenoxy) is 1. The van der Waals surface area contributed by atoms with Crippen LogP contribution in [0.25, 0.3) is 5.69 Å². The summed E-state index contributed by atoms with van der Waals surface area (Å²) < 4.78 is 7.04. The van der Waals surface area contributed by atoms with Crippen LogP contribution in [0.4, 0.5) is 0 Å². The second kappa shape index (κ2) is 4.58. The predicted octanol–water partition coefficient (Wildman–Crippen LogP) is 2.93. The molecule has 0 bridgehead atoms. The van der Waals surface area contributed by atoms with Crippen LogP contribution in [0.3, 0.4) is 0 Å². The van der Waals surface area contributed by atoms with E-state index in [4.69, 9.17) is 16.3 Å². The molecule has 4 heteroatoms. The maximum atomic E-state index is 5.81. The van der Waals surface area contributed by atoms with Crippen LogP contribution in [0.1, 0.15) is 11.3 Å². The lowest BCUT2D eigenvalue weighted by Gasteiger charge is -2.06. The summed E-state index contributed by atoms with van der Waals surface area (Å²) >= 11 is 5.81. The highest BCUT2D eigenvalue weighted by Gasteiger charge is 2.07. The van der Waals surface area contributed by atoms with Gasteiger partial charge in [0.2, 0.25) is 0 Å². The first kappa shape index (κ1) is 11.0. The molecule has 0 aliphatic heterocycles. The molecule has 3 nitrogen and oxygen atoms in total. The van der Waals surface area contributed by atoms with Gasteiger partial charge in [-0.05, 0) is 19.1 Å². The molecular weight excluding hydrogens is 224 g/mol. The zero-order chi connectivity index (χ0) is 11.5. The summed E-state index contributed by atoms with van der Waals surface area (Å²) in [6.45, 7) is 2.00. The molecule has 0 fully saturated rings. The highest BCUT2D eigenvalue weighted by atomic mass is 35.5. The molecule has 0 unspecified atom stereocenters. The molecule has 0 spiro atoms. The zero-order valence-corrected chi connectivity index (χ0v) is 10.0. The van der Waals surface area contributed by atoms with Gasteiger partial charge in [-0.2, -0.15) is 5.10 Å². The minimum Gasteiger partial charge on any atom is -0.497 e. The van der Waals surface area contributed by atoms with Gasteiger partial charge in [-0.1, -0.05) is 6.07 Å². The van der Waals surface area contributed by atoms with E-state index in [9.17, 15) is 0 Å². The predicted molar refractivity (Wildman–Crippen MR) is 64.4 cm³/mol. The van der Waals surface area contributed by atoms with Gasteiger partial charge in [-0.25, -0.2) is 4.68 Å². The van der Waals surface area contributed by atoms with Crippen molar-refractivity contribution >= 4 is 11.6 Å². The lowest BCUT2D eigenvalue weighted by molar-refractivity contribution is 0.414. The summed E-state index contributed by atoms with van der Waals surface area (Å²) in [5, 5.41) is 4.31. The first-order valence-electron chi connectivity index (χ1n) is 5.00. The van der Waals surface area contributed by atoms with E-state index >= 15 is 0 Å². The Hall–Kier alpha value is -1.48. The lowest BCUT2D eigenvalue weighted by Crippen LogP contribution is -1.99. The third-order valence-electron chi connectivity index (χ3n) is 2.55. The van der Waals surface area contributed by atoms with E-state index in [1.54, 1.807) is 13.3 Å². The summed E-state index contributed by atoms with van der Waals surface area (Å²) in [7, 11) is 1.65. The fourth-order valence-electron chi connectivity index (χ4n) is 1.58. The number of methoxy groups -OCH3 is 1. The first-order chi connectivity index (χ1) is 7.76. The van der Waals surface area contributed by atoms with Gasteiger partial charge < -0.3 is 4.74 Å². The smallest absolute Gasteiger partial charge is 0.121 e. The number of nitrogens with zero attached hydrogens (tertiary/aromatic N) is 2. The number of rotatable bonds is 3. The van der Waals surface area contributed by atoms with Crippen molar-refractivity contribution in [2.45, 2.75) is 12.8 Å². The Morgan fingerprint density at radius 2 is 2.25 bits per heavy atom. The Kier molecular flexibility index (Phi) is 3.15. The van der Waals surface area contributed by atoms with E-state index in [0.29, 0.717) is 5.88 Å². The van der Waals surface area contributed by atoms with Crippen LogP contribution in [-0.2, 0) is 5.88 Å². The standard InChI is InChI=1S/C12H13ClN2O/c1-9-10(7-13)8-14-15(9)11-4-3-5-12(6-11)16-2/h3-6,8H,7H2,1-2H3. The molecular formula is C12H13ClN2O. The summed E-state index contributed by atoms with van der Waals surface area (Å²) in [5.41, 5.74) is 3.08. The first-order valence-corrected chi connectivity index (χ1v) is 5.53. The zero-order valence-electron chi connectivity index (χ0n) is 9.27. The summed E-state index contributed by atoms with van der Waals surface area (Å²) in [5.74, 6) is 1.30. The van der Waals surface area contributed by atoms with E-state index in [1.165, 1.54) is 0 Å². The minimum absolute atomic E-state index is 0.482. The van der Waals surface area contributed by atoms with Crippen molar-refractivity contribution in [1.82, 2.24) is 9.78 Å². The quantitative estimate of drug-likeness (QED) is 0.767. The highest BCUT2D eigenvalue weighted by molar-refractivity contribution is 6.17. The summed E-state index contributed by atoms with van der Waals surface area (Å²) in [4.78, 5) is 0. The maximum absolute atomic E-state index is 5.81. The van der Waals surface area contributed by atoms with Gasteiger partial charge in [0.25, 0.3) is 0 Å². The van der Waals surface area contributed by atoms with Crippen LogP contribution < -0.4 is 4.74 Å². The largest absolute Gasteiger partial charge is 0.497 e. The Labute approximate surface area is 99.6 Å². The van der Waals surface area contributed by atoms with Crippen molar-refractivity contribution in [2.75, 3.05) is 7.11 Å². The van der Waals surface area contributed by atoms with Crippen molar-refractivity contribution < 1.29 is 4.74 Å². The number of halogens is 1. The average Bonchev–Trinajstić information content (AvgIpc) is 2.70. The van der Waals surface area contributed by atoms with Crippen molar-refractivity contribution in [3.63, 3.8) is 0 Å². The van der Waals surface area contributed by atoms with Crippen LogP contribution in [0.15, 0.2) is 30.5 Å². The molecule has 0 aliphatic rings. The Morgan fingerprint density at radius 1 is 1.44 bits per heavy atom. The van der Waals surface area contributed by atoms with Crippen LogP contribution >= 0.6 is 11.6 Å². The molecule has 0 amide bonds. The average molecular weight is 237 g/mol. The van der Waals surface area contributed by atoms with Crippen LogP contribution in [0.5, 0.6) is 5.75 Å². The van der Waals surface area contributed by atoms with E-state index in [0.717, 1.165) is 22.7 Å². The molecule has 0 aliphatic carbocycles. The Morgan fingerprint density at radius 3 is 2.88 bits per heavy atom. The molecule has 2 aromatic rings. The number of alkyl halides is 1. The second-order valence-corrected chi connectivity index (χ2v) is 3.77. The molecule has 0 saturated heterocycles. The van der Waals surface area contributed by atoms with Gasteiger partial charge in [-0.3, -0.25) is 0 Å². The third kappa shape index (κ3) is 1.91. The van der Waals surface area contributed by atoms with E-state index < -0.39 is 0 Å². The van der Waals surface area contributed by atoms with Crippen LogP contribution in [0.2, 0.25) is 0 Å².